The van der Waals surface area contributed by atoms with Crippen molar-refractivity contribution in [3.05, 3.63) is 23.5 Å². The van der Waals surface area contributed by atoms with Crippen LogP contribution in [0, 0.1) is 6.92 Å². The van der Waals surface area contributed by atoms with Crippen molar-refractivity contribution in [2.75, 3.05) is 12.8 Å². The Balaban J connectivity index is 2.14. The van der Waals surface area contributed by atoms with Gasteiger partial charge in [-0.15, -0.1) is 0 Å². The molecule has 3 amide bonds. The van der Waals surface area contributed by atoms with Crippen LogP contribution in [0.1, 0.15) is 28.9 Å². The van der Waals surface area contributed by atoms with Gasteiger partial charge in [0.15, 0.2) is 0 Å². The van der Waals surface area contributed by atoms with Crippen molar-refractivity contribution >= 4 is 23.4 Å². The fourth-order valence-electron chi connectivity index (χ4n) is 2.06. The van der Waals surface area contributed by atoms with Crippen molar-refractivity contribution in [1.29, 1.82) is 0 Å². The number of aromatic nitrogens is 1. The molecule has 0 aliphatic carbocycles. The third-order valence-corrected chi connectivity index (χ3v) is 3.31. The molecule has 1 atom stereocenters. The highest BCUT2D eigenvalue weighted by Crippen LogP contribution is 2.14. The highest BCUT2D eigenvalue weighted by atomic mass is 16.2. The van der Waals surface area contributed by atoms with Crippen LogP contribution < -0.4 is 11.1 Å². The number of nitrogen functional groups attached to an aromatic ring is 1. The highest BCUT2D eigenvalue weighted by molar-refractivity contribution is 6.04. The Kier molecular flexibility index (Phi) is 3.69. The van der Waals surface area contributed by atoms with E-state index in [9.17, 15) is 14.4 Å². The second-order valence-corrected chi connectivity index (χ2v) is 4.76. The number of amides is 3. The number of hydrogen-bond acceptors (Lipinski definition) is 5. The second kappa shape index (κ2) is 5.28. The lowest BCUT2D eigenvalue weighted by Crippen LogP contribution is -2.53. The summed E-state index contributed by atoms with van der Waals surface area (Å²) in [7, 11) is 1.41. The summed E-state index contributed by atoms with van der Waals surface area (Å²) in [6.45, 7) is 1.69. The van der Waals surface area contributed by atoms with Gasteiger partial charge in [-0.3, -0.25) is 24.3 Å². The van der Waals surface area contributed by atoms with Gasteiger partial charge in [-0.05, 0) is 19.4 Å². The van der Waals surface area contributed by atoms with Crippen molar-refractivity contribution < 1.29 is 14.4 Å². The van der Waals surface area contributed by atoms with Crippen LogP contribution in [0.3, 0.4) is 0 Å². The first-order valence-electron chi connectivity index (χ1n) is 6.23. The Bertz CT molecular complexity index is 585. The van der Waals surface area contributed by atoms with Crippen LogP contribution in [-0.2, 0) is 9.59 Å². The van der Waals surface area contributed by atoms with E-state index < -0.39 is 17.9 Å². The van der Waals surface area contributed by atoms with Gasteiger partial charge in [-0.25, -0.2) is 0 Å². The molecule has 0 aromatic carbocycles. The van der Waals surface area contributed by atoms with Gasteiger partial charge >= 0.3 is 0 Å². The van der Waals surface area contributed by atoms with Gasteiger partial charge in [0.1, 0.15) is 6.04 Å². The summed E-state index contributed by atoms with van der Waals surface area (Å²) in [5, 5.41) is 2.63. The molecule has 0 saturated carbocycles. The van der Waals surface area contributed by atoms with E-state index in [2.05, 4.69) is 10.3 Å². The minimum Gasteiger partial charge on any atom is -0.397 e. The average molecular weight is 276 g/mol. The van der Waals surface area contributed by atoms with Gasteiger partial charge in [-0.1, -0.05) is 0 Å². The number of carbonyl (C=O) groups is 3. The number of nitrogens with two attached hydrogens (primary N) is 1. The molecule has 20 heavy (non-hydrogen) atoms. The quantitative estimate of drug-likeness (QED) is 0.731. The van der Waals surface area contributed by atoms with E-state index in [1.165, 1.54) is 19.3 Å². The van der Waals surface area contributed by atoms with Gasteiger partial charge in [0.2, 0.25) is 5.91 Å². The zero-order valence-electron chi connectivity index (χ0n) is 11.3. The number of carbonyl (C=O) groups excluding carboxylic acids is 3. The number of likely N-dealkylation sites (tertiary alicyclic amines) is 1. The summed E-state index contributed by atoms with van der Waals surface area (Å²) in [4.78, 5) is 40.5. The van der Waals surface area contributed by atoms with Gasteiger partial charge < -0.3 is 11.1 Å². The van der Waals surface area contributed by atoms with Gasteiger partial charge in [-0.2, -0.15) is 0 Å². The average Bonchev–Trinajstić information content (AvgIpc) is 2.42. The summed E-state index contributed by atoms with van der Waals surface area (Å²) < 4.78 is 0. The van der Waals surface area contributed by atoms with Crippen LogP contribution in [0.2, 0.25) is 0 Å². The maximum atomic E-state index is 12.2. The van der Waals surface area contributed by atoms with Crippen molar-refractivity contribution in [2.45, 2.75) is 25.8 Å². The maximum absolute atomic E-state index is 12.2. The van der Waals surface area contributed by atoms with Gasteiger partial charge in [0.25, 0.3) is 11.8 Å². The van der Waals surface area contributed by atoms with E-state index in [0.29, 0.717) is 23.4 Å². The fourth-order valence-corrected chi connectivity index (χ4v) is 2.06. The lowest BCUT2D eigenvalue weighted by Gasteiger charge is -2.28. The van der Waals surface area contributed by atoms with Crippen molar-refractivity contribution in [3.63, 3.8) is 0 Å². The monoisotopic (exact) mass is 276 g/mol. The largest absolute Gasteiger partial charge is 0.397 e. The van der Waals surface area contributed by atoms with Crippen LogP contribution in [0.25, 0.3) is 0 Å². The van der Waals surface area contributed by atoms with E-state index in [4.69, 9.17) is 5.73 Å². The van der Waals surface area contributed by atoms with Crippen molar-refractivity contribution in [1.82, 2.24) is 15.2 Å². The van der Waals surface area contributed by atoms with E-state index in [-0.39, 0.29) is 12.3 Å². The molecule has 1 aliphatic rings. The molecular weight excluding hydrogens is 260 g/mol. The Labute approximate surface area is 116 Å². The zero-order chi connectivity index (χ0) is 14.9. The summed E-state index contributed by atoms with van der Waals surface area (Å²) >= 11 is 0. The maximum Gasteiger partial charge on any atom is 0.253 e. The van der Waals surface area contributed by atoms with Gasteiger partial charge in [0, 0.05) is 13.5 Å². The third kappa shape index (κ3) is 2.61. The molecule has 0 radical (unpaired) electrons. The number of aryl methyl sites for hydroxylation is 1. The highest BCUT2D eigenvalue weighted by Gasteiger charge is 2.33. The molecule has 2 rings (SSSR count). The van der Waals surface area contributed by atoms with E-state index in [1.807, 2.05) is 0 Å². The Morgan fingerprint density at radius 2 is 2.20 bits per heavy atom. The van der Waals surface area contributed by atoms with E-state index in [1.54, 1.807) is 6.92 Å². The molecule has 106 valence electrons. The van der Waals surface area contributed by atoms with Crippen LogP contribution in [-0.4, -0.2) is 40.7 Å². The number of nitrogens with zero attached hydrogens (tertiary/aromatic N) is 2. The number of rotatable bonds is 2. The molecule has 2 heterocycles. The minimum absolute atomic E-state index is 0.234. The molecule has 1 aromatic heterocycles. The first-order valence-corrected chi connectivity index (χ1v) is 6.23. The first-order chi connectivity index (χ1) is 9.40. The summed E-state index contributed by atoms with van der Waals surface area (Å²) in [6.07, 6.45) is 2.01. The molecule has 1 aromatic rings. The summed E-state index contributed by atoms with van der Waals surface area (Å²) in [6, 6.07) is 0.825. The fraction of sp³-hybridized carbons (Fsp3) is 0.385. The molecule has 0 bridgehead atoms. The first kappa shape index (κ1) is 14.0. The van der Waals surface area contributed by atoms with Crippen molar-refractivity contribution in [2.24, 2.45) is 0 Å². The lowest BCUT2D eigenvalue weighted by atomic mass is 10.0. The number of imide groups is 1. The van der Waals surface area contributed by atoms with Gasteiger partial charge in [0.05, 0.1) is 23.1 Å². The predicted octanol–water partition coefficient (Wildman–Crippen LogP) is -0.151. The topological polar surface area (TPSA) is 105 Å². The molecule has 0 spiro atoms. The second-order valence-electron chi connectivity index (χ2n) is 4.76. The van der Waals surface area contributed by atoms with Crippen molar-refractivity contribution in [3.8, 4) is 0 Å². The Hall–Kier alpha value is -2.44. The Morgan fingerprint density at radius 3 is 2.90 bits per heavy atom. The van der Waals surface area contributed by atoms with Crippen LogP contribution in [0.15, 0.2) is 12.3 Å². The molecule has 1 saturated heterocycles. The number of likely N-dealkylation sites (N-methyl/N-ethyl adjacent to an activating group) is 1. The Morgan fingerprint density at radius 1 is 1.50 bits per heavy atom. The van der Waals surface area contributed by atoms with Crippen LogP contribution in [0.5, 0.6) is 0 Å². The molecule has 7 nitrogen and oxygen atoms in total. The van der Waals surface area contributed by atoms with Crippen LogP contribution >= 0.6 is 0 Å². The lowest BCUT2D eigenvalue weighted by molar-refractivity contribution is -0.147. The standard InChI is InChI=1S/C13H16N4O3/c1-7-9(5-8(14)6-15-7)12(19)16-10-3-4-11(18)17(2)13(10)20/h5-6,10H,3-4,14H2,1-2H3,(H,16,19). The SMILES string of the molecule is Cc1ncc(N)cc1C(=O)NC1CCC(=O)N(C)C1=O. The summed E-state index contributed by atoms with van der Waals surface area (Å²) in [5.74, 6) is -1.05. The number of pyridine rings is 1. The van der Waals surface area contributed by atoms with E-state index in [0.717, 1.165) is 4.90 Å². The molecular formula is C13H16N4O3. The number of hydrogen-bond donors (Lipinski definition) is 2. The number of piperidine rings is 1. The number of nitrogens with one attached hydrogen (secondary N) is 1. The minimum atomic E-state index is -0.689. The predicted molar refractivity (Wildman–Crippen MR) is 71.7 cm³/mol. The van der Waals surface area contributed by atoms with Crippen LogP contribution in [0.4, 0.5) is 5.69 Å². The van der Waals surface area contributed by atoms with E-state index >= 15 is 0 Å². The molecule has 7 heteroatoms. The number of anilines is 1. The molecule has 1 unspecified atom stereocenters. The zero-order valence-corrected chi connectivity index (χ0v) is 11.3. The molecule has 1 aliphatic heterocycles. The smallest absolute Gasteiger partial charge is 0.253 e. The molecule has 1 fully saturated rings. The summed E-state index contributed by atoms with van der Waals surface area (Å²) in [5.41, 5.74) is 6.84. The molecule has 3 N–H and O–H groups in total. The third-order valence-electron chi connectivity index (χ3n) is 3.31. The normalized spacial score (nSPS) is 19.1.